The first kappa shape index (κ1) is 14.8. The van der Waals surface area contributed by atoms with Crippen LogP contribution in [-0.4, -0.2) is 39.5 Å². The highest BCUT2D eigenvalue weighted by molar-refractivity contribution is 5.77. The molecule has 0 atom stereocenters. The molecule has 0 unspecified atom stereocenters. The number of aryl methyl sites for hydroxylation is 2. The number of rotatable bonds is 4. The first-order valence-corrected chi connectivity index (χ1v) is 7.07. The number of aliphatic hydroxyl groups excluding tert-OH is 1. The number of aliphatic hydroxyl groups is 1. The molecule has 0 spiro atoms. The summed E-state index contributed by atoms with van der Waals surface area (Å²) in [6, 6.07) is 0.158. The Hall–Kier alpha value is -1.56. The second-order valence-electron chi connectivity index (χ2n) is 5.49. The third-order valence-electron chi connectivity index (χ3n) is 3.85. The maximum Gasteiger partial charge on any atom is 0.258 e. The summed E-state index contributed by atoms with van der Waals surface area (Å²) in [5.41, 5.74) is 1.70. The van der Waals surface area contributed by atoms with Crippen LogP contribution >= 0.6 is 0 Å². The summed E-state index contributed by atoms with van der Waals surface area (Å²) in [5.74, 6) is 0.566. The van der Waals surface area contributed by atoms with Gasteiger partial charge in [-0.15, -0.1) is 0 Å². The van der Waals surface area contributed by atoms with Crippen molar-refractivity contribution in [3.8, 4) is 5.75 Å². The molecule has 0 radical (unpaired) electrons. The fraction of sp³-hybridized carbons (Fsp3) is 0.714. The predicted octanol–water partition coefficient (Wildman–Crippen LogP) is 0.835. The summed E-state index contributed by atoms with van der Waals surface area (Å²) in [4.78, 5) is 11.9. The molecule has 0 aromatic carbocycles. The van der Waals surface area contributed by atoms with E-state index in [1.54, 1.807) is 4.68 Å². The van der Waals surface area contributed by atoms with Crippen molar-refractivity contribution in [3.05, 3.63) is 11.4 Å². The third-order valence-corrected chi connectivity index (χ3v) is 3.85. The van der Waals surface area contributed by atoms with Crippen LogP contribution in [0.5, 0.6) is 5.75 Å². The van der Waals surface area contributed by atoms with Gasteiger partial charge in [0.1, 0.15) is 5.69 Å². The fourth-order valence-electron chi connectivity index (χ4n) is 2.59. The summed E-state index contributed by atoms with van der Waals surface area (Å²) in [5, 5.41) is 16.6. The van der Waals surface area contributed by atoms with Gasteiger partial charge in [-0.2, -0.15) is 5.10 Å². The van der Waals surface area contributed by atoms with Crippen molar-refractivity contribution in [1.82, 2.24) is 15.1 Å². The van der Waals surface area contributed by atoms with Gasteiger partial charge in [0.25, 0.3) is 5.91 Å². The van der Waals surface area contributed by atoms with Crippen molar-refractivity contribution in [2.75, 3.05) is 6.61 Å². The van der Waals surface area contributed by atoms with Gasteiger partial charge in [-0.25, -0.2) is 0 Å². The van der Waals surface area contributed by atoms with E-state index in [2.05, 4.69) is 10.4 Å². The molecule has 0 saturated heterocycles. The van der Waals surface area contributed by atoms with Crippen LogP contribution in [-0.2, 0) is 11.8 Å². The van der Waals surface area contributed by atoms with Crippen LogP contribution in [0.2, 0.25) is 0 Å². The molecule has 0 aliphatic heterocycles. The topological polar surface area (TPSA) is 76.4 Å². The Morgan fingerprint density at radius 2 is 2.05 bits per heavy atom. The molecule has 1 aliphatic carbocycles. The van der Waals surface area contributed by atoms with E-state index in [0.717, 1.165) is 37.1 Å². The van der Waals surface area contributed by atoms with Gasteiger partial charge in [-0.05, 0) is 39.5 Å². The quantitative estimate of drug-likeness (QED) is 0.857. The van der Waals surface area contributed by atoms with Crippen LogP contribution in [0.3, 0.4) is 0 Å². The molecule has 112 valence electrons. The lowest BCUT2D eigenvalue weighted by atomic mass is 9.93. The zero-order valence-corrected chi connectivity index (χ0v) is 12.3. The van der Waals surface area contributed by atoms with Gasteiger partial charge < -0.3 is 15.2 Å². The number of ether oxygens (including phenoxy) is 1. The standard InChI is InChI=1S/C14H23N3O3/c1-9-14(10(2)17(3)16-9)20-8-13(19)15-11-4-6-12(18)7-5-11/h11-12,18H,4-8H2,1-3H3,(H,15,19). The van der Waals surface area contributed by atoms with Crippen molar-refractivity contribution in [3.63, 3.8) is 0 Å². The monoisotopic (exact) mass is 281 g/mol. The van der Waals surface area contributed by atoms with Gasteiger partial charge in [0.15, 0.2) is 12.4 Å². The van der Waals surface area contributed by atoms with Crippen LogP contribution in [0.1, 0.15) is 37.1 Å². The molecule has 1 amide bonds. The molecule has 2 rings (SSSR count). The zero-order valence-electron chi connectivity index (χ0n) is 12.3. The maximum absolute atomic E-state index is 11.9. The average molecular weight is 281 g/mol. The number of aromatic nitrogens is 2. The molecule has 2 N–H and O–H groups in total. The fourth-order valence-corrected chi connectivity index (χ4v) is 2.59. The van der Waals surface area contributed by atoms with Crippen molar-refractivity contribution >= 4 is 5.91 Å². The van der Waals surface area contributed by atoms with Crippen LogP contribution in [0.25, 0.3) is 0 Å². The van der Waals surface area contributed by atoms with Crippen molar-refractivity contribution in [2.24, 2.45) is 7.05 Å². The van der Waals surface area contributed by atoms with E-state index in [4.69, 9.17) is 4.74 Å². The van der Waals surface area contributed by atoms with Gasteiger partial charge in [-0.1, -0.05) is 0 Å². The van der Waals surface area contributed by atoms with Crippen molar-refractivity contribution in [2.45, 2.75) is 51.7 Å². The first-order valence-electron chi connectivity index (χ1n) is 7.07. The number of carbonyl (C=O) groups is 1. The Labute approximate surface area is 119 Å². The lowest BCUT2D eigenvalue weighted by molar-refractivity contribution is -0.124. The van der Waals surface area contributed by atoms with Crippen LogP contribution < -0.4 is 10.1 Å². The van der Waals surface area contributed by atoms with E-state index in [9.17, 15) is 9.90 Å². The van der Waals surface area contributed by atoms with Crippen molar-refractivity contribution < 1.29 is 14.6 Å². The van der Waals surface area contributed by atoms with E-state index >= 15 is 0 Å². The van der Waals surface area contributed by atoms with Gasteiger partial charge in [-0.3, -0.25) is 9.48 Å². The van der Waals surface area contributed by atoms with E-state index in [0.29, 0.717) is 5.75 Å². The van der Waals surface area contributed by atoms with E-state index < -0.39 is 0 Å². The Morgan fingerprint density at radius 3 is 2.60 bits per heavy atom. The average Bonchev–Trinajstić information content (AvgIpc) is 2.64. The smallest absolute Gasteiger partial charge is 0.258 e. The highest BCUT2D eigenvalue weighted by Gasteiger charge is 2.21. The molecular weight excluding hydrogens is 258 g/mol. The van der Waals surface area contributed by atoms with Gasteiger partial charge in [0.05, 0.1) is 11.8 Å². The lowest BCUT2D eigenvalue weighted by Gasteiger charge is -2.26. The van der Waals surface area contributed by atoms with Crippen LogP contribution in [0.15, 0.2) is 0 Å². The van der Waals surface area contributed by atoms with E-state index in [1.807, 2.05) is 20.9 Å². The molecule has 6 nitrogen and oxygen atoms in total. The highest BCUT2D eigenvalue weighted by Crippen LogP contribution is 2.21. The van der Waals surface area contributed by atoms with Crippen LogP contribution in [0.4, 0.5) is 0 Å². The minimum atomic E-state index is -0.208. The molecule has 1 aromatic rings. The minimum absolute atomic E-state index is 0.00638. The summed E-state index contributed by atoms with van der Waals surface area (Å²) in [7, 11) is 1.85. The normalized spacial score (nSPS) is 22.6. The second kappa shape index (κ2) is 6.26. The number of hydrogen-bond acceptors (Lipinski definition) is 4. The largest absolute Gasteiger partial charge is 0.480 e. The Morgan fingerprint density at radius 1 is 1.40 bits per heavy atom. The molecule has 0 bridgehead atoms. The van der Waals surface area contributed by atoms with E-state index in [1.165, 1.54) is 0 Å². The predicted molar refractivity (Wildman–Crippen MR) is 74.6 cm³/mol. The summed E-state index contributed by atoms with van der Waals surface area (Å²) in [6.07, 6.45) is 2.97. The van der Waals surface area contributed by atoms with E-state index in [-0.39, 0.29) is 24.7 Å². The second-order valence-corrected chi connectivity index (χ2v) is 5.49. The molecule has 1 saturated carbocycles. The number of nitrogens with one attached hydrogen (secondary N) is 1. The number of carbonyl (C=O) groups excluding carboxylic acids is 1. The molecule has 1 aromatic heterocycles. The SMILES string of the molecule is Cc1nn(C)c(C)c1OCC(=O)NC1CCC(O)CC1. The lowest BCUT2D eigenvalue weighted by Crippen LogP contribution is -2.40. The molecule has 1 heterocycles. The van der Waals surface area contributed by atoms with Gasteiger partial charge in [0.2, 0.25) is 0 Å². The summed E-state index contributed by atoms with van der Waals surface area (Å²) < 4.78 is 7.31. The third kappa shape index (κ3) is 3.50. The molecule has 6 heteroatoms. The zero-order chi connectivity index (χ0) is 14.7. The molecule has 20 heavy (non-hydrogen) atoms. The Kier molecular flexibility index (Phi) is 4.65. The number of amides is 1. The van der Waals surface area contributed by atoms with Gasteiger partial charge in [0, 0.05) is 13.1 Å². The minimum Gasteiger partial charge on any atom is -0.480 e. The molecule has 1 aliphatic rings. The van der Waals surface area contributed by atoms with Crippen molar-refractivity contribution in [1.29, 1.82) is 0 Å². The van der Waals surface area contributed by atoms with Gasteiger partial charge >= 0.3 is 0 Å². The number of nitrogens with zero attached hydrogens (tertiary/aromatic N) is 2. The Bertz CT molecular complexity index is 476. The maximum atomic E-state index is 11.9. The Balaban J connectivity index is 1.80. The molecule has 1 fully saturated rings. The summed E-state index contributed by atoms with van der Waals surface area (Å²) in [6.45, 7) is 3.78. The number of hydrogen-bond donors (Lipinski definition) is 2. The van der Waals surface area contributed by atoms with Crippen LogP contribution in [0, 0.1) is 13.8 Å². The molecular formula is C14H23N3O3. The first-order chi connectivity index (χ1) is 9.47. The highest BCUT2D eigenvalue weighted by atomic mass is 16.5. The summed E-state index contributed by atoms with van der Waals surface area (Å²) >= 11 is 0.